The summed E-state index contributed by atoms with van der Waals surface area (Å²) in [6.45, 7) is 10.1. The normalized spacial score (nSPS) is 22.2. The van der Waals surface area contributed by atoms with Gasteiger partial charge in [0, 0.05) is 13.0 Å². The van der Waals surface area contributed by atoms with Gasteiger partial charge in [-0.25, -0.2) is 6.57 Å². The molecule has 15 heavy (non-hydrogen) atoms. The Hall–Kier alpha value is -1.33. The summed E-state index contributed by atoms with van der Waals surface area (Å²) in [5, 5.41) is 0. The largest absolute Gasteiger partial charge is 0.312 e. The molecule has 0 N–H and O–H groups in total. The van der Waals surface area contributed by atoms with Gasteiger partial charge in [-0.3, -0.25) is 4.90 Å². The van der Waals surface area contributed by atoms with E-state index in [2.05, 4.69) is 34.0 Å². The topological polar surface area (TPSA) is 7.60 Å². The molecule has 0 amide bonds. The number of benzene rings is 1. The zero-order valence-corrected chi connectivity index (χ0v) is 8.89. The monoisotopic (exact) mass is 200 g/mol. The van der Waals surface area contributed by atoms with E-state index in [1.807, 2.05) is 6.07 Å². The van der Waals surface area contributed by atoms with Gasteiger partial charge in [0.2, 0.25) is 6.04 Å². The highest BCUT2D eigenvalue weighted by Gasteiger charge is 2.22. The maximum atomic E-state index is 7.07. The molecule has 1 fully saturated rings. The third-order valence-electron chi connectivity index (χ3n) is 2.91. The van der Waals surface area contributed by atoms with Gasteiger partial charge >= 0.3 is 0 Å². The molecule has 0 bridgehead atoms. The van der Waals surface area contributed by atoms with Crippen LogP contribution in [0.5, 0.6) is 0 Å². The first-order chi connectivity index (χ1) is 7.38. The molecule has 1 saturated heterocycles. The van der Waals surface area contributed by atoms with Crippen molar-refractivity contribution in [1.82, 2.24) is 4.90 Å². The van der Waals surface area contributed by atoms with E-state index >= 15 is 0 Å². The van der Waals surface area contributed by atoms with E-state index in [9.17, 15) is 0 Å². The quantitative estimate of drug-likeness (QED) is 0.666. The van der Waals surface area contributed by atoms with Gasteiger partial charge in [-0.1, -0.05) is 30.3 Å². The Bertz CT molecular complexity index is 339. The Morgan fingerprint density at radius 2 is 2.13 bits per heavy atom. The third kappa shape index (κ3) is 2.81. The van der Waals surface area contributed by atoms with Gasteiger partial charge in [-0.2, -0.15) is 0 Å². The van der Waals surface area contributed by atoms with Crippen LogP contribution in [0.4, 0.5) is 0 Å². The van der Waals surface area contributed by atoms with Crippen molar-refractivity contribution in [3.63, 3.8) is 0 Å². The minimum absolute atomic E-state index is 0.225. The number of hydrogen-bond donors (Lipinski definition) is 0. The van der Waals surface area contributed by atoms with Crippen LogP contribution in [0.25, 0.3) is 4.85 Å². The summed E-state index contributed by atoms with van der Waals surface area (Å²) >= 11 is 0. The van der Waals surface area contributed by atoms with Crippen molar-refractivity contribution in [3.05, 3.63) is 47.3 Å². The van der Waals surface area contributed by atoms with E-state index in [1.54, 1.807) is 0 Å². The van der Waals surface area contributed by atoms with Gasteiger partial charge < -0.3 is 4.85 Å². The molecule has 1 aromatic carbocycles. The molecule has 1 heterocycles. The fourth-order valence-electron chi connectivity index (χ4n) is 2.12. The first-order valence-corrected chi connectivity index (χ1v) is 5.51. The lowest BCUT2D eigenvalue weighted by molar-refractivity contribution is 0.214. The van der Waals surface area contributed by atoms with E-state index in [1.165, 1.54) is 12.0 Å². The van der Waals surface area contributed by atoms with Crippen LogP contribution in [0, 0.1) is 6.57 Å². The molecule has 1 aromatic rings. The molecule has 1 atom stereocenters. The molecule has 0 saturated carbocycles. The maximum absolute atomic E-state index is 7.07. The summed E-state index contributed by atoms with van der Waals surface area (Å²) in [5.74, 6) is 0. The Kier molecular flexibility index (Phi) is 3.37. The summed E-state index contributed by atoms with van der Waals surface area (Å²) in [6, 6.07) is 10.7. The highest BCUT2D eigenvalue weighted by molar-refractivity contribution is 5.14. The number of rotatable bonds is 2. The summed E-state index contributed by atoms with van der Waals surface area (Å²) in [6.07, 6.45) is 2.24. The Labute approximate surface area is 91.3 Å². The molecular weight excluding hydrogens is 184 g/mol. The zero-order chi connectivity index (χ0) is 10.5. The van der Waals surface area contributed by atoms with Crippen molar-refractivity contribution in [2.24, 2.45) is 0 Å². The predicted octanol–water partition coefficient (Wildman–Crippen LogP) is 2.57. The lowest BCUT2D eigenvalue weighted by Crippen LogP contribution is -2.36. The van der Waals surface area contributed by atoms with Gasteiger partial charge in [-0.05, 0) is 18.5 Å². The second-order valence-corrected chi connectivity index (χ2v) is 4.15. The van der Waals surface area contributed by atoms with Crippen LogP contribution >= 0.6 is 0 Å². The zero-order valence-electron chi connectivity index (χ0n) is 8.89. The molecule has 1 aliphatic heterocycles. The number of nitrogens with zero attached hydrogens (tertiary/aromatic N) is 2. The first-order valence-electron chi connectivity index (χ1n) is 5.51. The van der Waals surface area contributed by atoms with Crippen molar-refractivity contribution >= 4 is 0 Å². The van der Waals surface area contributed by atoms with Gasteiger partial charge in [0.05, 0.1) is 6.54 Å². The molecule has 1 unspecified atom stereocenters. The van der Waals surface area contributed by atoms with E-state index in [-0.39, 0.29) is 6.04 Å². The second kappa shape index (κ2) is 4.95. The number of hydrogen-bond acceptors (Lipinski definition) is 1. The Morgan fingerprint density at radius 3 is 2.87 bits per heavy atom. The van der Waals surface area contributed by atoms with E-state index in [0.717, 1.165) is 26.1 Å². The molecule has 0 radical (unpaired) electrons. The van der Waals surface area contributed by atoms with Crippen molar-refractivity contribution in [1.29, 1.82) is 0 Å². The number of piperidine rings is 1. The van der Waals surface area contributed by atoms with Crippen molar-refractivity contribution in [2.45, 2.75) is 25.4 Å². The fourth-order valence-corrected chi connectivity index (χ4v) is 2.12. The molecule has 2 nitrogen and oxygen atoms in total. The van der Waals surface area contributed by atoms with Crippen LogP contribution in [0.1, 0.15) is 18.4 Å². The van der Waals surface area contributed by atoms with Crippen LogP contribution in [0.15, 0.2) is 30.3 Å². The standard InChI is InChI=1S/C13H16N2/c1-14-13-8-5-9-15(11-13)10-12-6-3-2-4-7-12/h2-4,6-7,13H,5,8-11H2. The van der Waals surface area contributed by atoms with Crippen LogP contribution < -0.4 is 0 Å². The molecule has 1 aliphatic rings. The van der Waals surface area contributed by atoms with Crippen LogP contribution in [0.3, 0.4) is 0 Å². The van der Waals surface area contributed by atoms with Gasteiger partial charge in [0.25, 0.3) is 0 Å². The van der Waals surface area contributed by atoms with Crippen LogP contribution in [0.2, 0.25) is 0 Å². The van der Waals surface area contributed by atoms with Crippen molar-refractivity contribution in [2.75, 3.05) is 13.1 Å². The Balaban J connectivity index is 1.93. The molecule has 0 aromatic heterocycles. The maximum Gasteiger partial charge on any atom is 0.236 e. The number of likely N-dealkylation sites (tertiary alicyclic amines) is 1. The van der Waals surface area contributed by atoms with E-state index < -0.39 is 0 Å². The van der Waals surface area contributed by atoms with Gasteiger partial charge in [0.1, 0.15) is 0 Å². The minimum Gasteiger partial charge on any atom is -0.312 e. The lowest BCUT2D eigenvalue weighted by atomic mass is 10.1. The SMILES string of the molecule is [C-]#[N+]C1CCCN(Cc2ccccc2)C1. The molecular formula is C13H16N2. The fraction of sp³-hybridized carbons (Fsp3) is 0.462. The first kappa shape index (κ1) is 10.2. The molecule has 2 rings (SSSR count). The van der Waals surface area contributed by atoms with Gasteiger partial charge in [-0.15, -0.1) is 0 Å². The second-order valence-electron chi connectivity index (χ2n) is 4.15. The molecule has 2 heteroatoms. The average Bonchev–Trinajstić information content (AvgIpc) is 2.31. The molecule has 0 aliphatic carbocycles. The van der Waals surface area contributed by atoms with E-state index in [4.69, 9.17) is 6.57 Å². The lowest BCUT2D eigenvalue weighted by Gasteiger charge is -2.27. The summed E-state index contributed by atoms with van der Waals surface area (Å²) < 4.78 is 0. The predicted molar refractivity (Wildman–Crippen MR) is 61.3 cm³/mol. The average molecular weight is 200 g/mol. The van der Waals surface area contributed by atoms with E-state index in [0.29, 0.717) is 0 Å². The smallest absolute Gasteiger partial charge is 0.236 e. The molecule has 0 spiro atoms. The summed E-state index contributed by atoms with van der Waals surface area (Å²) in [5.41, 5.74) is 1.35. The third-order valence-corrected chi connectivity index (χ3v) is 2.91. The van der Waals surface area contributed by atoms with Crippen molar-refractivity contribution < 1.29 is 0 Å². The van der Waals surface area contributed by atoms with Crippen molar-refractivity contribution in [3.8, 4) is 0 Å². The highest BCUT2D eigenvalue weighted by atomic mass is 15.1. The van der Waals surface area contributed by atoms with Gasteiger partial charge in [0.15, 0.2) is 0 Å². The van der Waals surface area contributed by atoms with Crippen LogP contribution in [-0.2, 0) is 6.54 Å². The summed E-state index contributed by atoms with van der Waals surface area (Å²) in [7, 11) is 0. The highest BCUT2D eigenvalue weighted by Crippen LogP contribution is 2.15. The van der Waals surface area contributed by atoms with Crippen LogP contribution in [-0.4, -0.2) is 24.0 Å². The minimum atomic E-state index is 0.225. The Morgan fingerprint density at radius 1 is 1.33 bits per heavy atom. The summed E-state index contributed by atoms with van der Waals surface area (Å²) in [4.78, 5) is 6.04. The molecule has 78 valence electrons.